The Morgan fingerprint density at radius 2 is 1.93 bits per heavy atom. The molecule has 0 amide bonds. The van der Waals surface area contributed by atoms with Crippen molar-refractivity contribution in [3.8, 4) is 0 Å². The van der Waals surface area contributed by atoms with Gasteiger partial charge in [0.25, 0.3) is 0 Å². The molecule has 15 heavy (non-hydrogen) atoms. The summed E-state index contributed by atoms with van der Waals surface area (Å²) in [6, 6.07) is 6.60. The predicted molar refractivity (Wildman–Crippen MR) is 61.7 cm³/mol. The molecule has 0 aromatic carbocycles. The first-order valence-electron chi connectivity index (χ1n) is 5.61. The highest BCUT2D eigenvalue weighted by Crippen LogP contribution is 2.18. The molecule has 1 saturated heterocycles. The summed E-state index contributed by atoms with van der Waals surface area (Å²) in [6.07, 6.45) is 1.88. The van der Waals surface area contributed by atoms with Crippen LogP contribution in [0.25, 0.3) is 0 Å². The maximum absolute atomic E-state index is 4.42. The minimum atomic E-state index is 0.444. The van der Waals surface area contributed by atoms with Crippen molar-refractivity contribution in [3.63, 3.8) is 0 Å². The SMILES string of the molecule is C[C@@H](c1ccccn1)N1CCN(C)CC1. The van der Waals surface area contributed by atoms with E-state index in [0.717, 1.165) is 26.2 Å². The van der Waals surface area contributed by atoms with Crippen molar-refractivity contribution in [3.05, 3.63) is 30.1 Å². The van der Waals surface area contributed by atoms with E-state index in [2.05, 4.69) is 40.9 Å². The molecule has 0 saturated carbocycles. The molecule has 1 aromatic heterocycles. The smallest absolute Gasteiger partial charge is 0.0572 e. The number of hydrogen-bond acceptors (Lipinski definition) is 3. The molecule has 0 bridgehead atoms. The molecule has 1 atom stereocenters. The van der Waals surface area contributed by atoms with Crippen molar-refractivity contribution in [1.29, 1.82) is 0 Å². The van der Waals surface area contributed by atoms with Gasteiger partial charge in [0.1, 0.15) is 0 Å². The summed E-state index contributed by atoms with van der Waals surface area (Å²) >= 11 is 0. The van der Waals surface area contributed by atoms with Crippen LogP contribution in [0.5, 0.6) is 0 Å². The quantitative estimate of drug-likeness (QED) is 0.727. The number of rotatable bonds is 2. The lowest BCUT2D eigenvalue weighted by Gasteiger charge is -2.36. The number of likely N-dealkylation sites (N-methyl/N-ethyl adjacent to an activating group) is 1. The van der Waals surface area contributed by atoms with Gasteiger partial charge in [-0.25, -0.2) is 0 Å². The Balaban J connectivity index is 1.99. The van der Waals surface area contributed by atoms with Gasteiger partial charge in [-0.3, -0.25) is 9.88 Å². The zero-order valence-corrected chi connectivity index (χ0v) is 9.56. The number of piperazine rings is 1. The van der Waals surface area contributed by atoms with E-state index >= 15 is 0 Å². The highest BCUT2D eigenvalue weighted by atomic mass is 15.3. The molecule has 3 heteroatoms. The molecule has 3 nitrogen and oxygen atoms in total. The Morgan fingerprint density at radius 1 is 1.20 bits per heavy atom. The van der Waals surface area contributed by atoms with E-state index < -0.39 is 0 Å². The highest BCUT2D eigenvalue weighted by molar-refractivity contribution is 5.08. The molecule has 0 N–H and O–H groups in total. The van der Waals surface area contributed by atoms with Gasteiger partial charge in [0.05, 0.1) is 5.69 Å². The largest absolute Gasteiger partial charge is 0.304 e. The summed E-state index contributed by atoms with van der Waals surface area (Å²) in [4.78, 5) is 9.30. The molecular formula is C12H19N3. The standard InChI is InChI=1S/C12H19N3/c1-11(12-5-3-4-6-13-12)15-9-7-14(2)8-10-15/h3-6,11H,7-10H2,1-2H3/t11-/m0/s1. The normalized spacial score (nSPS) is 21.5. The zero-order chi connectivity index (χ0) is 10.7. The van der Waals surface area contributed by atoms with Gasteiger partial charge in [-0.15, -0.1) is 0 Å². The van der Waals surface area contributed by atoms with Crippen LogP contribution in [0, 0.1) is 0 Å². The van der Waals surface area contributed by atoms with Gasteiger partial charge < -0.3 is 4.90 Å². The van der Waals surface area contributed by atoms with Gasteiger partial charge in [0, 0.05) is 38.4 Å². The van der Waals surface area contributed by atoms with Crippen LogP contribution in [-0.4, -0.2) is 48.0 Å². The van der Waals surface area contributed by atoms with Gasteiger partial charge >= 0.3 is 0 Å². The maximum Gasteiger partial charge on any atom is 0.0572 e. The number of aromatic nitrogens is 1. The molecule has 1 aliphatic rings. The summed E-state index contributed by atoms with van der Waals surface area (Å²) in [6.45, 7) is 6.87. The Bertz CT molecular complexity index is 291. The van der Waals surface area contributed by atoms with E-state index in [4.69, 9.17) is 0 Å². The second-order valence-corrected chi connectivity index (χ2v) is 4.27. The van der Waals surface area contributed by atoms with Crippen LogP contribution in [0.2, 0.25) is 0 Å². The lowest BCUT2D eigenvalue weighted by atomic mass is 10.1. The van der Waals surface area contributed by atoms with Crippen LogP contribution >= 0.6 is 0 Å². The summed E-state index contributed by atoms with van der Waals surface area (Å²) in [5.41, 5.74) is 1.18. The molecule has 1 aliphatic heterocycles. The van der Waals surface area contributed by atoms with E-state index in [1.165, 1.54) is 5.69 Å². The van der Waals surface area contributed by atoms with Gasteiger partial charge in [-0.05, 0) is 26.1 Å². The third-order valence-corrected chi connectivity index (χ3v) is 3.20. The molecule has 0 unspecified atom stereocenters. The fraction of sp³-hybridized carbons (Fsp3) is 0.583. The molecular weight excluding hydrogens is 186 g/mol. The van der Waals surface area contributed by atoms with E-state index in [1.54, 1.807) is 0 Å². The summed E-state index contributed by atoms with van der Waals surface area (Å²) in [5, 5.41) is 0. The van der Waals surface area contributed by atoms with Crippen LogP contribution in [0.15, 0.2) is 24.4 Å². The number of hydrogen-bond donors (Lipinski definition) is 0. The Morgan fingerprint density at radius 3 is 2.53 bits per heavy atom. The first-order chi connectivity index (χ1) is 7.27. The maximum atomic E-state index is 4.42. The van der Waals surface area contributed by atoms with Crippen molar-refractivity contribution >= 4 is 0 Å². The second-order valence-electron chi connectivity index (χ2n) is 4.27. The van der Waals surface area contributed by atoms with Gasteiger partial charge in [0.2, 0.25) is 0 Å². The third-order valence-electron chi connectivity index (χ3n) is 3.20. The van der Waals surface area contributed by atoms with Crippen LogP contribution in [0.1, 0.15) is 18.7 Å². The van der Waals surface area contributed by atoms with Gasteiger partial charge in [-0.2, -0.15) is 0 Å². The molecule has 2 heterocycles. The summed E-state index contributed by atoms with van der Waals surface area (Å²) < 4.78 is 0. The summed E-state index contributed by atoms with van der Waals surface area (Å²) in [7, 11) is 2.18. The zero-order valence-electron chi connectivity index (χ0n) is 9.56. The predicted octanol–water partition coefficient (Wildman–Crippen LogP) is 1.39. The van der Waals surface area contributed by atoms with E-state index in [9.17, 15) is 0 Å². The second kappa shape index (κ2) is 4.73. The fourth-order valence-corrected chi connectivity index (χ4v) is 2.02. The highest BCUT2D eigenvalue weighted by Gasteiger charge is 2.20. The van der Waals surface area contributed by atoms with Crippen LogP contribution in [0.3, 0.4) is 0 Å². The molecule has 1 fully saturated rings. The van der Waals surface area contributed by atoms with E-state index in [-0.39, 0.29) is 0 Å². The van der Waals surface area contributed by atoms with Crippen molar-refractivity contribution in [1.82, 2.24) is 14.8 Å². The summed E-state index contributed by atoms with van der Waals surface area (Å²) in [5.74, 6) is 0. The third kappa shape index (κ3) is 2.55. The molecule has 82 valence electrons. The van der Waals surface area contributed by atoms with Crippen LogP contribution in [0.4, 0.5) is 0 Å². The average Bonchev–Trinajstić information content (AvgIpc) is 2.30. The Kier molecular flexibility index (Phi) is 3.34. The monoisotopic (exact) mass is 205 g/mol. The first-order valence-corrected chi connectivity index (χ1v) is 5.61. The van der Waals surface area contributed by atoms with Crippen molar-refractivity contribution in [2.45, 2.75) is 13.0 Å². The van der Waals surface area contributed by atoms with Crippen molar-refractivity contribution in [2.24, 2.45) is 0 Å². The minimum absolute atomic E-state index is 0.444. The van der Waals surface area contributed by atoms with Crippen LogP contribution < -0.4 is 0 Å². The molecule has 2 rings (SSSR count). The number of nitrogens with zero attached hydrogens (tertiary/aromatic N) is 3. The van der Waals surface area contributed by atoms with Gasteiger partial charge in [-0.1, -0.05) is 6.07 Å². The van der Waals surface area contributed by atoms with Gasteiger partial charge in [0.15, 0.2) is 0 Å². The topological polar surface area (TPSA) is 19.4 Å². The van der Waals surface area contributed by atoms with E-state index in [1.807, 2.05) is 12.3 Å². The lowest BCUT2D eigenvalue weighted by Crippen LogP contribution is -2.45. The Hall–Kier alpha value is -0.930. The lowest BCUT2D eigenvalue weighted by molar-refractivity contribution is 0.117. The molecule has 0 aliphatic carbocycles. The molecule has 0 radical (unpaired) electrons. The Labute approximate surface area is 91.7 Å². The van der Waals surface area contributed by atoms with Crippen molar-refractivity contribution in [2.75, 3.05) is 33.2 Å². The molecule has 1 aromatic rings. The number of pyridine rings is 1. The van der Waals surface area contributed by atoms with Crippen LogP contribution in [-0.2, 0) is 0 Å². The minimum Gasteiger partial charge on any atom is -0.304 e. The molecule has 0 spiro atoms. The van der Waals surface area contributed by atoms with E-state index in [0.29, 0.717) is 6.04 Å². The average molecular weight is 205 g/mol. The van der Waals surface area contributed by atoms with Crippen molar-refractivity contribution < 1.29 is 0 Å². The first kappa shape index (κ1) is 10.6. The fourth-order valence-electron chi connectivity index (χ4n) is 2.02.